The number of carbonyl (C=O) groups is 1. The van der Waals surface area contributed by atoms with Crippen LogP contribution < -0.4 is 19.6 Å². The molecule has 3 aromatic rings. The van der Waals surface area contributed by atoms with Crippen molar-refractivity contribution in [2.45, 2.75) is 20.1 Å². The Balaban J connectivity index is 1.64. The number of halogens is 3. The van der Waals surface area contributed by atoms with Crippen molar-refractivity contribution < 1.29 is 23.7 Å². The molecule has 1 aromatic heterocycles. The van der Waals surface area contributed by atoms with Crippen molar-refractivity contribution >= 4 is 62.2 Å². The Bertz CT molecular complexity index is 1400. The molecule has 38 heavy (non-hydrogen) atoms. The first-order valence-corrected chi connectivity index (χ1v) is 13.3. The van der Waals surface area contributed by atoms with E-state index in [-0.39, 0.29) is 31.3 Å². The number of carbonyl (C=O) groups excluding carboxylic acids is 1. The van der Waals surface area contributed by atoms with Crippen LogP contribution in [0.1, 0.15) is 27.9 Å². The van der Waals surface area contributed by atoms with Gasteiger partial charge in [-0.15, -0.1) is 0 Å². The lowest BCUT2D eigenvalue weighted by Crippen LogP contribution is -2.25. The predicted octanol–water partition coefficient (Wildman–Crippen LogP) is 5.55. The predicted molar refractivity (Wildman–Crippen MR) is 155 cm³/mol. The molecule has 0 aliphatic carbocycles. The standard InChI is InChI=1S/C26H23BrClIN4O5/c1-15-24(27)19(13-35-2)18(10-30)26(32-15)38-14-23(34)33-31-11-16-8-21(29)25(22(9-16)36-3)37-12-17-6-4-5-7-20(17)28/h4-9,11H,12-14H2,1-3H3,(H,33,34)/b31-11+. The summed E-state index contributed by atoms with van der Waals surface area (Å²) in [7, 11) is 3.06. The number of nitriles is 1. The molecule has 0 bridgehead atoms. The second-order valence-electron chi connectivity index (χ2n) is 7.71. The minimum Gasteiger partial charge on any atom is -0.493 e. The largest absolute Gasteiger partial charge is 0.493 e. The van der Waals surface area contributed by atoms with Gasteiger partial charge in [0.05, 0.1) is 29.2 Å². The van der Waals surface area contributed by atoms with Gasteiger partial charge in [0.15, 0.2) is 18.1 Å². The maximum Gasteiger partial charge on any atom is 0.278 e. The fourth-order valence-electron chi connectivity index (χ4n) is 3.28. The summed E-state index contributed by atoms with van der Waals surface area (Å²) in [5, 5.41) is 14.2. The SMILES string of the molecule is COCc1c(Br)c(C)nc(OCC(=O)N/N=C/c2cc(I)c(OCc3ccccc3Cl)c(OC)c2)c1C#N. The third kappa shape index (κ3) is 7.57. The number of nitrogens with one attached hydrogen (secondary N) is 1. The van der Waals surface area contributed by atoms with Gasteiger partial charge in [-0.1, -0.05) is 29.8 Å². The van der Waals surface area contributed by atoms with Gasteiger partial charge < -0.3 is 18.9 Å². The van der Waals surface area contributed by atoms with Crippen molar-refractivity contribution in [2.75, 3.05) is 20.8 Å². The van der Waals surface area contributed by atoms with Gasteiger partial charge in [-0.25, -0.2) is 10.4 Å². The van der Waals surface area contributed by atoms with Gasteiger partial charge in [-0.05, 0) is 69.2 Å². The van der Waals surface area contributed by atoms with Crippen LogP contribution in [0.4, 0.5) is 0 Å². The van der Waals surface area contributed by atoms with E-state index >= 15 is 0 Å². The third-order valence-electron chi connectivity index (χ3n) is 5.09. The topological polar surface area (TPSA) is 115 Å². The first-order valence-electron chi connectivity index (χ1n) is 11.0. The highest BCUT2D eigenvalue weighted by atomic mass is 127. The summed E-state index contributed by atoms with van der Waals surface area (Å²) in [5.74, 6) is 0.599. The monoisotopic (exact) mass is 712 g/mol. The lowest BCUT2D eigenvalue weighted by molar-refractivity contribution is -0.123. The molecule has 198 valence electrons. The molecule has 0 saturated heterocycles. The molecular formula is C26H23BrClIN4O5. The summed E-state index contributed by atoms with van der Waals surface area (Å²) in [5.41, 5.74) is 5.33. The Morgan fingerprint density at radius 3 is 2.71 bits per heavy atom. The van der Waals surface area contributed by atoms with Crippen LogP contribution in [-0.4, -0.2) is 37.9 Å². The number of rotatable bonds is 11. The zero-order chi connectivity index (χ0) is 27.7. The Kier molecular flexibility index (Phi) is 11.1. The van der Waals surface area contributed by atoms with Crippen LogP contribution in [0.15, 0.2) is 46.0 Å². The van der Waals surface area contributed by atoms with E-state index in [4.69, 9.17) is 30.5 Å². The average Bonchev–Trinajstić information content (AvgIpc) is 2.90. The van der Waals surface area contributed by atoms with Crippen molar-refractivity contribution in [3.63, 3.8) is 0 Å². The van der Waals surface area contributed by atoms with Crippen molar-refractivity contribution in [1.82, 2.24) is 10.4 Å². The van der Waals surface area contributed by atoms with E-state index in [0.717, 1.165) is 9.13 Å². The zero-order valence-corrected chi connectivity index (χ0v) is 25.2. The molecule has 2 aromatic carbocycles. The van der Waals surface area contributed by atoms with Gasteiger partial charge in [0, 0.05) is 27.7 Å². The Hall–Kier alpha value is -2.92. The van der Waals surface area contributed by atoms with E-state index in [2.05, 4.69) is 60.1 Å². The highest BCUT2D eigenvalue weighted by molar-refractivity contribution is 14.1. The average molecular weight is 714 g/mol. The number of ether oxygens (including phenoxy) is 4. The smallest absolute Gasteiger partial charge is 0.278 e. The molecule has 1 amide bonds. The van der Waals surface area contributed by atoms with Crippen molar-refractivity contribution in [3.05, 3.63) is 77.4 Å². The summed E-state index contributed by atoms with van der Waals surface area (Å²) in [6.45, 7) is 1.83. The lowest BCUT2D eigenvalue weighted by Gasteiger charge is -2.14. The van der Waals surface area contributed by atoms with Crippen molar-refractivity contribution in [2.24, 2.45) is 5.10 Å². The Morgan fingerprint density at radius 2 is 2.03 bits per heavy atom. The van der Waals surface area contributed by atoms with E-state index in [1.165, 1.54) is 13.3 Å². The van der Waals surface area contributed by atoms with Crippen molar-refractivity contribution in [1.29, 1.82) is 5.26 Å². The number of aryl methyl sites for hydroxylation is 1. The van der Waals surface area contributed by atoms with Gasteiger partial charge in [-0.2, -0.15) is 10.4 Å². The molecule has 1 N–H and O–H groups in total. The van der Waals surface area contributed by atoms with Crippen LogP contribution in [0.25, 0.3) is 0 Å². The fraction of sp³-hybridized carbons (Fsp3) is 0.231. The minimum atomic E-state index is -0.526. The number of pyridine rings is 1. The van der Waals surface area contributed by atoms with Crippen LogP contribution in [0.5, 0.6) is 17.4 Å². The van der Waals surface area contributed by atoms with Crippen LogP contribution in [0.2, 0.25) is 5.02 Å². The van der Waals surface area contributed by atoms with E-state index in [9.17, 15) is 10.1 Å². The summed E-state index contributed by atoms with van der Waals surface area (Å²) in [6, 6.07) is 13.1. The van der Waals surface area contributed by atoms with Crippen LogP contribution in [0, 0.1) is 21.8 Å². The van der Waals surface area contributed by atoms with Crippen LogP contribution in [0.3, 0.4) is 0 Å². The van der Waals surface area contributed by atoms with E-state index in [0.29, 0.717) is 37.8 Å². The van der Waals surface area contributed by atoms with Crippen LogP contribution >= 0.6 is 50.1 Å². The number of methoxy groups -OCH3 is 2. The molecule has 0 fully saturated rings. The second-order valence-corrected chi connectivity index (χ2v) is 10.1. The molecular weight excluding hydrogens is 691 g/mol. The number of aromatic nitrogens is 1. The highest BCUT2D eigenvalue weighted by Gasteiger charge is 2.18. The molecule has 0 saturated carbocycles. The maximum absolute atomic E-state index is 12.3. The summed E-state index contributed by atoms with van der Waals surface area (Å²) in [6.07, 6.45) is 1.47. The number of nitrogens with zero attached hydrogens (tertiary/aromatic N) is 3. The molecule has 0 radical (unpaired) electrons. The molecule has 12 heteroatoms. The molecule has 0 unspecified atom stereocenters. The summed E-state index contributed by atoms with van der Waals surface area (Å²) < 4.78 is 23.6. The van der Waals surface area contributed by atoms with Gasteiger partial charge in [0.25, 0.3) is 5.91 Å². The second kappa shape index (κ2) is 14.3. The fourth-order valence-corrected chi connectivity index (χ4v) is 4.65. The quantitative estimate of drug-likeness (QED) is 0.158. The van der Waals surface area contributed by atoms with E-state index in [1.54, 1.807) is 26.2 Å². The number of benzene rings is 2. The maximum atomic E-state index is 12.3. The highest BCUT2D eigenvalue weighted by Crippen LogP contribution is 2.34. The molecule has 3 rings (SSSR count). The Morgan fingerprint density at radius 1 is 1.26 bits per heavy atom. The van der Waals surface area contributed by atoms with E-state index in [1.807, 2.05) is 24.3 Å². The first-order chi connectivity index (χ1) is 18.3. The van der Waals surface area contributed by atoms with Crippen molar-refractivity contribution in [3.8, 4) is 23.4 Å². The number of hydrogen-bond donors (Lipinski definition) is 1. The zero-order valence-electron chi connectivity index (χ0n) is 20.7. The third-order valence-corrected chi connectivity index (χ3v) is 7.31. The molecule has 1 heterocycles. The van der Waals surface area contributed by atoms with Gasteiger partial charge >= 0.3 is 0 Å². The first kappa shape index (κ1) is 29.6. The number of hydrazone groups is 1. The van der Waals surface area contributed by atoms with Gasteiger partial charge in [0.1, 0.15) is 18.2 Å². The molecule has 9 nitrogen and oxygen atoms in total. The Labute approximate surface area is 247 Å². The minimum absolute atomic E-state index is 0.0473. The summed E-state index contributed by atoms with van der Waals surface area (Å²) in [4.78, 5) is 16.6. The lowest BCUT2D eigenvalue weighted by atomic mass is 10.1. The summed E-state index contributed by atoms with van der Waals surface area (Å²) >= 11 is 11.8. The normalized spacial score (nSPS) is 10.8. The van der Waals surface area contributed by atoms with Gasteiger partial charge in [-0.3, -0.25) is 4.79 Å². The molecule has 0 spiro atoms. The van der Waals surface area contributed by atoms with Crippen LogP contribution in [-0.2, 0) is 22.7 Å². The molecule has 0 aliphatic heterocycles. The number of amides is 1. The molecule has 0 aliphatic rings. The van der Waals surface area contributed by atoms with E-state index < -0.39 is 5.91 Å². The molecule has 0 atom stereocenters. The van der Waals surface area contributed by atoms with Gasteiger partial charge in [0.2, 0.25) is 5.88 Å². The number of hydrogen-bond acceptors (Lipinski definition) is 8.